The third-order valence-corrected chi connectivity index (χ3v) is 7.29. The number of fused-ring (bicyclic) bond motifs is 1. The molecule has 0 unspecified atom stereocenters. The Labute approximate surface area is 198 Å². The molecule has 0 radical (unpaired) electrons. The summed E-state index contributed by atoms with van der Waals surface area (Å²) in [6.45, 7) is 5.90. The quantitative estimate of drug-likeness (QED) is 0.634. The normalized spacial score (nSPS) is 22.0. The van der Waals surface area contributed by atoms with Gasteiger partial charge in [0.2, 0.25) is 5.91 Å². The van der Waals surface area contributed by atoms with Crippen LogP contribution in [0.15, 0.2) is 53.7 Å². The van der Waals surface area contributed by atoms with Gasteiger partial charge < -0.3 is 4.90 Å². The number of hydrogen-bond acceptors (Lipinski definition) is 4. The van der Waals surface area contributed by atoms with E-state index in [1.54, 1.807) is 0 Å². The van der Waals surface area contributed by atoms with Gasteiger partial charge in [-0.2, -0.15) is 5.10 Å². The lowest BCUT2D eigenvalue weighted by Gasteiger charge is -2.24. The summed E-state index contributed by atoms with van der Waals surface area (Å²) in [4.78, 5) is 34.4. The molecule has 3 aliphatic rings. The Morgan fingerprint density at radius 2 is 1.79 bits per heavy atom. The number of nitrogens with one attached hydrogen (secondary N) is 1. The summed E-state index contributed by atoms with van der Waals surface area (Å²) in [6, 6.07) is 14.5. The van der Waals surface area contributed by atoms with Crippen LogP contribution < -0.4 is 0 Å². The van der Waals surface area contributed by atoms with E-state index in [2.05, 4.69) is 34.5 Å². The van der Waals surface area contributed by atoms with Crippen LogP contribution >= 0.6 is 0 Å². The second kappa shape index (κ2) is 7.79. The minimum Gasteiger partial charge on any atom is -0.342 e. The molecule has 1 aliphatic carbocycles. The van der Waals surface area contributed by atoms with Gasteiger partial charge in [-0.25, -0.2) is 0 Å². The maximum Gasteiger partial charge on any atom is 0.255 e. The molecule has 1 N–H and O–H groups in total. The van der Waals surface area contributed by atoms with Gasteiger partial charge in [-0.05, 0) is 62.3 Å². The van der Waals surface area contributed by atoms with Gasteiger partial charge in [0.25, 0.3) is 5.91 Å². The van der Waals surface area contributed by atoms with Crippen LogP contribution in [0.25, 0.3) is 22.0 Å². The molecule has 7 nitrogen and oxygen atoms in total. The first-order chi connectivity index (χ1) is 16.4. The smallest absolute Gasteiger partial charge is 0.255 e. The number of hydrogen-bond donors (Lipinski definition) is 1. The van der Waals surface area contributed by atoms with E-state index in [0.717, 1.165) is 65.8 Å². The molecule has 2 fully saturated rings. The fourth-order valence-corrected chi connectivity index (χ4v) is 5.15. The lowest BCUT2D eigenvalue weighted by Crippen LogP contribution is -2.42. The summed E-state index contributed by atoms with van der Waals surface area (Å²) < 4.78 is 0. The monoisotopic (exact) mass is 455 g/mol. The molecule has 0 spiro atoms. The number of likely N-dealkylation sites (tertiary alicyclic amines) is 1. The Balaban J connectivity index is 1.22. The first kappa shape index (κ1) is 21.1. The molecule has 174 valence electrons. The fraction of sp³-hybridized carbons (Fsp3) is 0.407. The highest BCUT2D eigenvalue weighted by molar-refractivity contribution is 6.15. The Morgan fingerprint density at radius 3 is 2.56 bits per heavy atom. The summed E-state index contributed by atoms with van der Waals surface area (Å²) in [5, 5.41) is 8.16. The largest absolute Gasteiger partial charge is 0.342 e. The molecule has 1 atom stereocenters. The van der Waals surface area contributed by atoms with Crippen molar-refractivity contribution in [3.63, 3.8) is 0 Å². The van der Waals surface area contributed by atoms with Crippen molar-refractivity contribution in [3.8, 4) is 11.1 Å². The molecule has 3 heterocycles. The van der Waals surface area contributed by atoms with Crippen molar-refractivity contribution in [2.45, 2.75) is 38.6 Å². The van der Waals surface area contributed by atoms with Gasteiger partial charge in [-0.15, -0.1) is 0 Å². The van der Waals surface area contributed by atoms with E-state index in [1.807, 2.05) is 48.0 Å². The highest BCUT2D eigenvalue weighted by atomic mass is 16.2. The Kier molecular flexibility index (Phi) is 4.83. The van der Waals surface area contributed by atoms with E-state index in [9.17, 15) is 9.59 Å². The number of aromatic amines is 1. The van der Waals surface area contributed by atoms with Crippen LogP contribution in [0, 0.1) is 11.8 Å². The number of H-pyrrole nitrogens is 1. The van der Waals surface area contributed by atoms with Crippen LogP contribution in [0.3, 0.4) is 0 Å². The van der Waals surface area contributed by atoms with Gasteiger partial charge in [-0.1, -0.05) is 30.3 Å². The zero-order valence-electron chi connectivity index (χ0n) is 19.6. The molecule has 1 saturated heterocycles. The average Bonchev–Trinajstić information content (AvgIpc) is 3.31. The van der Waals surface area contributed by atoms with Crippen molar-refractivity contribution >= 4 is 28.6 Å². The molecule has 2 amide bonds. The van der Waals surface area contributed by atoms with Gasteiger partial charge in [0.05, 0.1) is 11.7 Å². The molecule has 34 heavy (non-hydrogen) atoms. The zero-order chi connectivity index (χ0) is 23.4. The first-order valence-corrected chi connectivity index (χ1v) is 12.1. The molecule has 2 aromatic carbocycles. The van der Waals surface area contributed by atoms with Gasteiger partial charge in [-0.3, -0.25) is 24.6 Å². The zero-order valence-corrected chi connectivity index (χ0v) is 19.6. The summed E-state index contributed by atoms with van der Waals surface area (Å²) in [5.74, 6) is 1.60. The van der Waals surface area contributed by atoms with E-state index in [4.69, 9.17) is 4.99 Å². The number of rotatable bonds is 5. The van der Waals surface area contributed by atoms with Crippen molar-refractivity contribution in [1.82, 2.24) is 20.0 Å². The van der Waals surface area contributed by atoms with Crippen molar-refractivity contribution in [1.29, 1.82) is 0 Å². The van der Waals surface area contributed by atoms with Crippen LogP contribution in [0.1, 0.15) is 38.7 Å². The molecule has 2 aliphatic heterocycles. The van der Waals surface area contributed by atoms with Crippen molar-refractivity contribution in [2.75, 3.05) is 19.6 Å². The lowest BCUT2D eigenvalue weighted by molar-refractivity contribution is -0.131. The number of benzene rings is 2. The van der Waals surface area contributed by atoms with Gasteiger partial charge in [0.15, 0.2) is 0 Å². The molecule has 1 saturated carbocycles. The standard InChI is InChI=1S/C27H29N5O2/c1-27(2)26(34)32(16-17-11-12-31(15-17)25(33)20-7-8-20)24(29-27)19-5-3-18(4-6-19)21-9-10-23-22(13-21)14-28-30-23/h3-6,9-10,13-14,17,20H,7-8,11-12,15-16H2,1-2H3,(H,28,30)/t17-/m1/s1. The molecular formula is C27H29N5O2. The summed E-state index contributed by atoms with van der Waals surface area (Å²) >= 11 is 0. The van der Waals surface area contributed by atoms with Crippen LogP contribution in [-0.2, 0) is 9.59 Å². The Hall–Kier alpha value is -3.48. The number of carbonyl (C=O) groups excluding carboxylic acids is 2. The van der Waals surface area contributed by atoms with E-state index < -0.39 is 5.54 Å². The second-order valence-corrected chi connectivity index (χ2v) is 10.4. The van der Waals surface area contributed by atoms with E-state index in [1.165, 1.54) is 0 Å². The van der Waals surface area contributed by atoms with E-state index in [0.29, 0.717) is 12.5 Å². The molecule has 3 aromatic rings. The maximum absolute atomic E-state index is 13.2. The van der Waals surface area contributed by atoms with Gasteiger partial charge in [0, 0.05) is 36.5 Å². The Bertz CT molecular complexity index is 1300. The molecule has 7 heteroatoms. The predicted octanol–water partition coefficient (Wildman–Crippen LogP) is 3.86. The third-order valence-electron chi connectivity index (χ3n) is 7.29. The highest BCUT2D eigenvalue weighted by Crippen LogP contribution is 2.34. The van der Waals surface area contributed by atoms with Crippen LogP contribution in [0.2, 0.25) is 0 Å². The number of aromatic nitrogens is 2. The third kappa shape index (κ3) is 3.69. The van der Waals surface area contributed by atoms with Crippen LogP contribution in [0.5, 0.6) is 0 Å². The number of amidine groups is 1. The van der Waals surface area contributed by atoms with Gasteiger partial charge >= 0.3 is 0 Å². The van der Waals surface area contributed by atoms with Crippen LogP contribution in [-0.4, -0.2) is 62.8 Å². The summed E-state index contributed by atoms with van der Waals surface area (Å²) in [5.41, 5.74) is 3.40. The lowest BCUT2D eigenvalue weighted by atomic mass is 10.0. The minimum atomic E-state index is -0.775. The maximum atomic E-state index is 13.2. The minimum absolute atomic E-state index is 0.0314. The number of carbonyl (C=O) groups is 2. The average molecular weight is 456 g/mol. The SMILES string of the molecule is CC1(C)N=C(c2ccc(-c3ccc4[nH]ncc4c3)cc2)N(C[C@@H]2CCN(C(=O)C3CC3)C2)C1=O. The van der Waals surface area contributed by atoms with Crippen molar-refractivity contribution in [3.05, 3.63) is 54.2 Å². The molecular weight excluding hydrogens is 426 g/mol. The summed E-state index contributed by atoms with van der Waals surface area (Å²) in [7, 11) is 0. The van der Waals surface area contributed by atoms with Crippen LogP contribution in [0.4, 0.5) is 0 Å². The first-order valence-electron chi connectivity index (χ1n) is 12.1. The summed E-state index contributed by atoms with van der Waals surface area (Å²) in [6.07, 6.45) is 4.82. The molecule has 1 aromatic heterocycles. The topological polar surface area (TPSA) is 81.7 Å². The number of aliphatic imine (C=N–C) groups is 1. The van der Waals surface area contributed by atoms with Gasteiger partial charge in [0.1, 0.15) is 11.4 Å². The number of amides is 2. The predicted molar refractivity (Wildman–Crippen MR) is 131 cm³/mol. The fourth-order valence-electron chi connectivity index (χ4n) is 5.15. The highest BCUT2D eigenvalue weighted by Gasteiger charge is 2.43. The number of nitrogens with zero attached hydrogens (tertiary/aromatic N) is 4. The van der Waals surface area contributed by atoms with E-state index >= 15 is 0 Å². The van der Waals surface area contributed by atoms with Crippen molar-refractivity contribution in [2.24, 2.45) is 16.8 Å². The van der Waals surface area contributed by atoms with Crippen molar-refractivity contribution < 1.29 is 9.59 Å². The van der Waals surface area contributed by atoms with E-state index in [-0.39, 0.29) is 17.7 Å². The second-order valence-electron chi connectivity index (χ2n) is 10.4. The molecule has 6 rings (SSSR count). The molecule has 0 bridgehead atoms. The Morgan fingerprint density at radius 1 is 1.06 bits per heavy atom.